The van der Waals surface area contributed by atoms with Crippen molar-refractivity contribution >= 4 is 5.97 Å². The molecule has 1 unspecified atom stereocenters. The van der Waals surface area contributed by atoms with Crippen LogP contribution in [-0.4, -0.2) is 16.2 Å². The number of benzene rings is 1. The molecule has 0 saturated carbocycles. The molecule has 1 atom stereocenters. The summed E-state index contributed by atoms with van der Waals surface area (Å²) >= 11 is 0. The molecule has 2 rings (SSSR count). The Bertz CT molecular complexity index is 502. The minimum atomic E-state index is -0.885. The highest BCUT2D eigenvalue weighted by atomic mass is 16.6. The van der Waals surface area contributed by atoms with Gasteiger partial charge in [0.15, 0.2) is 11.9 Å². The van der Waals surface area contributed by atoms with Gasteiger partial charge >= 0.3 is 5.97 Å². The van der Waals surface area contributed by atoms with E-state index in [0.29, 0.717) is 11.5 Å². The van der Waals surface area contributed by atoms with Gasteiger partial charge in [-0.1, -0.05) is 38.1 Å². The summed E-state index contributed by atoms with van der Waals surface area (Å²) in [7, 11) is 0. The number of carbonyl (C=O) groups excluding carboxylic acids is 1. The van der Waals surface area contributed by atoms with Gasteiger partial charge in [-0.15, -0.1) is 0 Å². The molecule has 0 radical (unpaired) electrons. The first-order valence-corrected chi connectivity index (χ1v) is 5.91. The number of hydrogen-bond donors (Lipinski definition) is 2. The van der Waals surface area contributed by atoms with Crippen LogP contribution in [0.4, 0.5) is 0 Å². The summed E-state index contributed by atoms with van der Waals surface area (Å²) < 4.78 is 4.92. The summed E-state index contributed by atoms with van der Waals surface area (Å²) in [5, 5.41) is 18.9. The van der Waals surface area contributed by atoms with E-state index in [9.17, 15) is 15.0 Å². The summed E-state index contributed by atoms with van der Waals surface area (Å²) in [5.41, 5.74) is 1.78. The fraction of sp³-hybridized carbons (Fsp3) is 0.357. The van der Waals surface area contributed by atoms with Gasteiger partial charge in [0.2, 0.25) is 5.76 Å². The van der Waals surface area contributed by atoms with Gasteiger partial charge in [-0.25, -0.2) is 4.79 Å². The number of esters is 1. The fourth-order valence-corrected chi connectivity index (χ4v) is 2.03. The standard InChI is InChI=1S/C14H16O4/c1-8(2)6-9-4-3-5-10(7-9)13-11(15)12(16)14(17)18-13/h3-5,7-8,13,15-16H,6H2,1-2H3. The molecule has 0 aliphatic carbocycles. The van der Waals surface area contributed by atoms with Crippen LogP contribution in [0.15, 0.2) is 35.8 Å². The van der Waals surface area contributed by atoms with Gasteiger partial charge in [0, 0.05) is 5.56 Å². The molecule has 1 aliphatic rings. The van der Waals surface area contributed by atoms with Crippen LogP contribution >= 0.6 is 0 Å². The molecule has 96 valence electrons. The molecule has 4 nitrogen and oxygen atoms in total. The third-order valence-corrected chi connectivity index (χ3v) is 2.81. The van der Waals surface area contributed by atoms with Crippen LogP contribution in [0.5, 0.6) is 0 Å². The summed E-state index contributed by atoms with van der Waals surface area (Å²) in [5.74, 6) is -1.48. The second-order valence-electron chi connectivity index (χ2n) is 4.86. The Labute approximate surface area is 106 Å². The predicted octanol–water partition coefficient (Wildman–Crippen LogP) is 2.81. The minimum absolute atomic E-state index is 0.415. The Hall–Kier alpha value is -1.97. The zero-order chi connectivity index (χ0) is 13.3. The van der Waals surface area contributed by atoms with Gasteiger partial charge in [0.1, 0.15) is 0 Å². The summed E-state index contributed by atoms with van der Waals surface area (Å²) in [6, 6.07) is 7.48. The van der Waals surface area contributed by atoms with E-state index in [1.54, 1.807) is 6.07 Å². The van der Waals surface area contributed by atoms with E-state index in [4.69, 9.17) is 4.74 Å². The van der Waals surface area contributed by atoms with Gasteiger partial charge < -0.3 is 14.9 Å². The van der Waals surface area contributed by atoms with Crippen LogP contribution in [-0.2, 0) is 16.0 Å². The van der Waals surface area contributed by atoms with E-state index in [2.05, 4.69) is 13.8 Å². The molecule has 1 heterocycles. The van der Waals surface area contributed by atoms with E-state index in [1.807, 2.05) is 18.2 Å². The molecule has 1 aliphatic heterocycles. The zero-order valence-electron chi connectivity index (χ0n) is 10.4. The number of aliphatic hydroxyl groups is 2. The van der Waals surface area contributed by atoms with E-state index in [0.717, 1.165) is 12.0 Å². The Balaban J connectivity index is 2.27. The maximum atomic E-state index is 11.1. The monoisotopic (exact) mass is 248 g/mol. The number of hydrogen-bond acceptors (Lipinski definition) is 4. The smallest absolute Gasteiger partial charge is 0.378 e. The maximum Gasteiger partial charge on any atom is 0.378 e. The lowest BCUT2D eigenvalue weighted by Gasteiger charge is -2.12. The first-order valence-electron chi connectivity index (χ1n) is 5.91. The predicted molar refractivity (Wildman–Crippen MR) is 66.1 cm³/mol. The molecule has 1 aromatic carbocycles. The van der Waals surface area contributed by atoms with Crippen molar-refractivity contribution in [3.63, 3.8) is 0 Å². The van der Waals surface area contributed by atoms with Crippen LogP contribution in [0.3, 0.4) is 0 Å². The molecule has 2 N–H and O–H groups in total. The number of aliphatic hydroxyl groups excluding tert-OH is 2. The third-order valence-electron chi connectivity index (χ3n) is 2.81. The summed E-state index contributed by atoms with van der Waals surface area (Å²) in [4.78, 5) is 11.1. The molecule has 1 aromatic rings. The minimum Gasteiger partial charge on any atom is -0.505 e. The topological polar surface area (TPSA) is 66.8 Å². The van der Waals surface area contributed by atoms with Crippen molar-refractivity contribution in [2.75, 3.05) is 0 Å². The average Bonchev–Trinajstić information content (AvgIpc) is 2.56. The summed E-state index contributed by atoms with van der Waals surface area (Å²) in [6.07, 6.45) is 0.0231. The molecule has 0 amide bonds. The molecular weight excluding hydrogens is 232 g/mol. The normalized spacial score (nSPS) is 19.5. The second-order valence-corrected chi connectivity index (χ2v) is 4.86. The highest BCUT2D eigenvalue weighted by Gasteiger charge is 2.35. The van der Waals surface area contributed by atoms with Crippen molar-refractivity contribution in [3.8, 4) is 0 Å². The van der Waals surface area contributed by atoms with Crippen LogP contribution in [0.25, 0.3) is 0 Å². The van der Waals surface area contributed by atoms with Crippen LogP contribution in [0.2, 0.25) is 0 Å². The Morgan fingerprint density at radius 1 is 1.33 bits per heavy atom. The van der Waals surface area contributed by atoms with Crippen LogP contribution < -0.4 is 0 Å². The zero-order valence-corrected chi connectivity index (χ0v) is 10.4. The van der Waals surface area contributed by atoms with Crippen molar-refractivity contribution in [2.24, 2.45) is 5.92 Å². The highest BCUT2D eigenvalue weighted by molar-refractivity contribution is 5.89. The fourth-order valence-electron chi connectivity index (χ4n) is 2.03. The lowest BCUT2D eigenvalue weighted by atomic mass is 9.99. The average molecular weight is 248 g/mol. The van der Waals surface area contributed by atoms with Crippen molar-refractivity contribution in [1.29, 1.82) is 0 Å². The second kappa shape index (κ2) is 4.72. The van der Waals surface area contributed by atoms with Crippen molar-refractivity contribution in [1.82, 2.24) is 0 Å². The lowest BCUT2D eigenvalue weighted by molar-refractivity contribution is -0.142. The Kier molecular flexibility index (Phi) is 3.28. The van der Waals surface area contributed by atoms with E-state index in [1.165, 1.54) is 0 Å². The molecule has 0 saturated heterocycles. The first-order chi connectivity index (χ1) is 8.49. The SMILES string of the molecule is CC(C)Cc1cccc(C2OC(=O)C(O)=C2O)c1. The molecular formula is C14H16O4. The molecule has 18 heavy (non-hydrogen) atoms. The highest BCUT2D eigenvalue weighted by Crippen LogP contribution is 2.32. The number of carbonyl (C=O) groups is 1. The van der Waals surface area contributed by atoms with Crippen LogP contribution in [0.1, 0.15) is 31.1 Å². The molecule has 0 fully saturated rings. The largest absolute Gasteiger partial charge is 0.505 e. The van der Waals surface area contributed by atoms with Gasteiger partial charge in [-0.05, 0) is 17.9 Å². The number of rotatable bonds is 3. The van der Waals surface area contributed by atoms with Gasteiger partial charge in [-0.2, -0.15) is 0 Å². The van der Waals surface area contributed by atoms with Crippen LogP contribution in [0, 0.1) is 5.92 Å². The quantitative estimate of drug-likeness (QED) is 0.807. The van der Waals surface area contributed by atoms with Gasteiger partial charge in [0.25, 0.3) is 0 Å². The van der Waals surface area contributed by atoms with Crippen molar-refractivity contribution in [3.05, 3.63) is 46.9 Å². The van der Waals surface area contributed by atoms with Crippen molar-refractivity contribution in [2.45, 2.75) is 26.4 Å². The molecule has 4 heteroatoms. The van der Waals surface area contributed by atoms with Crippen molar-refractivity contribution < 1.29 is 19.7 Å². The van der Waals surface area contributed by atoms with E-state index in [-0.39, 0.29) is 0 Å². The van der Waals surface area contributed by atoms with E-state index >= 15 is 0 Å². The van der Waals surface area contributed by atoms with Gasteiger partial charge in [0.05, 0.1) is 0 Å². The molecule has 0 aromatic heterocycles. The van der Waals surface area contributed by atoms with Gasteiger partial charge in [-0.3, -0.25) is 0 Å². The Morgan fingerprint density at radius 2 is 2.06 bits per heavy atom. The number of ether oxygens (including phenoxy) is 1. The lowest BCUT2D eigenvalue weighted by Crippen LogP contribution is -2.04. The summed E-state index contributed by atoms with van der Waals surface area (Å²) in [6.45, 7) is 4.23. The first kappa shape index (κ1) is 12.5. The van der Waals surface area contributed by atoms with E-state index < -0.39 is 23.6 Å². The maximum absolute atomic E-state index is 11.1. The third kappa shape index (κ3) is 2.32. The number of cyclic esters (lactones) is 1. The Morgan fingerprint density at radius 3 is 2.61 bits per heavy atom. The molecule has 0 bridgehead atoms. The molecule has 0 spiro atoms.